The summed E-state index contributed by atoms with van der Waals surface area (Å²) in [5.41, 5.74) is 10.8. The molecule has 1 amide bonds. The molecule has 5 rings (SSSR count). The summed E-state index contributed by atoms with van der Waals surface area (Å²) in [5.74, 6) is -1.46. The lowest BCUT2D eigenvalue weighted by molar-refractivity contribution is 0.0997. The second kappa shape index (κ2) is 10.3. The smallest absolute Gasteiger partial charge is 0.262 e. The van der Waals surface area contributed by atoms with Crippen molar-refractivity contribution in [2.24, 2.45) is 5.73 Å². The van der Waals surface area contributed by atoms with Crippen LogP contribution in [0.2, 0.25) is 5.02 Å². The van der Waals surface area contributed by atoms with Crippen LogP contribution in [0.25, 0.3) is 17.4 Å². The van der Waals surface area contributed by atoms with Crippen LogP contribution in [0.4, 0.5) is 22.0 Å². The van der Waals surface area contributed by atoms with E-state index in [4.69, 9.17) is 27.5 Å². The molecule has 0 bridgehead atoms. The quantitative estimate of drug-likeness (QED) is 0.169. The lowest BCUT2D eigenvalue weighted by Crippen LogP contribution is -2.17. The minimum atomic E-state index is -4.38. The number of nitrogens with two attached hydrogens (primary N) is 2. The first-order valence-electron chi connectivity index (χ1n) is 11.3. The van der Waals surface area contributed by atoms with Crippen LogP contribution in [-0.2, 0) is 16.4 Å². The molecular formula is C23H19ClFN9O5S. The van der Waals surface area contributed by atoms with Crippen LogP contribution in [0.15, 0.2) is 58.0 Å². The van der Waals surface area contributed by atoms with Gasteiger partial charge < -0.3 is 26.3 Å². The maximum Gasteiger partial charge on any atom is 0.262 e. The summed E-state index contributed by atoms with van der Waals surface area (Å²) in [7, 11) is -4.38. The van der Waals surface area contributed by atoms with Gasteiger partial charge in [0.15, 0.2) is 5.76 Å². The van der Waals surface area contributed by atoms with Gasteiger partial charge in [0.25, 0.3) is 21.7 Å². The topological polar surface area (TPSA) is 217 Å². The largest absolute Gasteiger partial charge is 0.506 e. The number of sulfonamides is 1. The third-order valence-corrected chi connectivity index (χ3v) is 7.20. The number of anilines is 3. The molecular weight excluding hydrogens is 569 g/mol. The third-order valence-electron chi connectivity index (χ3n) is 5.56. The summed E-state index contributed by atoms with van der Waals surface area (Å²) in [6.07, 6.45) is 1.80. The minimum Gasteiger partial charge on any atom is -0.506 e. The molecule has 0 saturated carbocycles. The van der Waals surface area contributed by atoms with Crippen LogP contribution in [0.3, 0.4) is 0 Å². The molecule has 206 valence electrons. The number of nitrogens with one attached hydrogen (secondary N) is 2. The van der Waals surface area contributed by atoms with Gasteiger partial charge in [0.1, 0.15) is 11.6 Å². The first-order chi connectivity index (χ1) is 19.0. The number of primary amides is 1. The highest BCUT2D eigenvalue weighted by Gasteiger charge is 2.22. The number of carbonyl (C=O) groups is 1. The molecule has 0 unspecified atom stereocenters. The number of furan rings is 1. The lowest BCUT2D eigenvalue weighted by Gasteiger charge is -2.12. The van der Waals surface area contributed by atoms with Crippen LogP contribution >= 0.6 is 11.6 Å². The molecule has 2 aromatic carbocycles. The second-order valence-electron chi connectivity index (χ2n) is 8.29. The van der Waals surface area contributed by atoms with Gasteiger partial charge in [0.05, 0.1) is 27.4 Å². The van der Waals surface area contributed by atoms with E-state index in [-0.39, 0.29) is 35.7 Å². The standard InChI is InChI=1S/C23H19ClFN9O5S/c24-14-10-12(9-13(18(14)35)19(26)36)40(37,38)33-16-4-3-11(8-15(16)25)5-6-28-22-30-21(27)34-23(31-22)29-20(32-34)17-2-1-7-39-17/h1-4,7-10,33,35H,5-6H2,(H2,26,36)(H3,27,28,29,30,31,32). The number of fused-ring (bicyclic) bond motifs is 1. The van der Waals surface area contributed by atoms with Gasteiger partial charge in [0.2, 0.25) is 17.7 Å². The number of aromatic nitrogens is 5. The van der Waals surface area contributed by atoms with Crippen molar-refractivity contribution in [1.29, 1.82) is 0 Å². The van der Waals surface area contributed by atoms with Crippen LogP contribution in [0, 0.1) is 5.82 Å². The van der Waals surface area contributed by atoms with Crippen molar-refractivity contribution in [3.63, 3.8) is 0 Å². The fraction of sp³-hybridized carbons (Fsp3) is 0.0870. The van der Waals surface area contributed by atoms with Gasteiger partial charge in [-0.2, -0.15) is 19.5 Å². The molecule has 5 aromatic rings. The van der Waals surface area contributed by atoms with Gasteiger partial charge in [-0.3, -0.25) is 9.52 Å². The van der Waals surface area contributed by atoms with Crippen molar-refractivity contribution in [1.82, 2.24) is 24.6 Å². The van der Waals surface area contributed by atoms with E-state index in [1.807, 2.05) is 0 Å². The Morgan fingerprint density at radius 2 is 1.98 bits per heavy atom. The maximum absolute atomic E-state index is 14.8. The number of halogens is 2. The fourth-order valence-corrected chi connectivity index (χ4v) is 5.03. The Morgan fingerprint density at radius 1 is 1.18 bits per heavy atom. The van der Waals surface area contributed by atoms with Gasteiger partial charge >= 0.3 is 0 Å². The first kappa shape index (κ1) is 26.6. The summed E-state index contributed by atoms with van der Waals surface area (Å²) >= 11 is 5.82. The van der Waals surface area contributed by atoms with Gasteiger partial charge in [-0.1, -0.05) is 17.7 Å². The van der Waals surface area contributed by atoms with Crippen molar-refractivity contribution >= 4 is 50.9 Å². The maximum atomic E-state index is 14.8. The molecule has 0 aliphatic rings. The fourth-order valence-electron chi connectivity index (χ4n) is 3.63. The Labute approximate surface area is 229 Å². The van der Waals surface area contributed by atoms with Crippen molar-refractivity contribution in [3.8, 4) is 17.3 Å². The third kappa shape index (κ3) is 5.29. The number of nitrogen functional groups attached to an aromatic ring is 1. The number of benzene rings is 2. The molecule has 14 nitrogen and oxygen atoms in total. The summed E-state index contributed by atoms with van der Waals surface area (Å²) in [6, 6.07) is 9.06. The molecule has 3 heterocycles. The van der Waals surface area contributed by atoms with E-state index < -0.39 is 43.0 Å². The van der Waals surface area contributed by atoms with Crippen molar-refractivity contribution in [3.05, 3.63) is 70.7 Å². The zero-order valence-corrected chi connectivity index (χ0v) is 21.7. The van der Waals surface area contributed by atoms with E-state index in [0.717, 1.165) is 18.2 Å². The molecule has 3 aromatic heterocycles. The Hall–Kier alpha value is -4.96. The van der Waals surface area contributed by atoms with E-state index in [0.29, 0.717) is 17.7 Å². The van der Waals surface area contributed by atoms with E-state index in [1.54, 1.807) is 12.1 Å². The molecule has 0 radical (unpaired) electrons. The molecule has 7 N–H and O–H groups in total. The zero-order valence-electron chi connectivity index (χ0n) is 20.2. The van der Waals surface area contributed by atoms with E-state index in [2.05, 4.69) is 30.1 Å². The molecule has 0 aliphatic carbocycles. The van der Waals surface area contributed by atoms with Crippen molar-refractivity contribution in [2.75, 3.05) is 22.3 Å². The summed E-state index contributed by atoms with van der Waals surface area (Å²) in [5, 5.41) is 16.6. The highest BCUT2D eigenvalue weighted by molar-refractivity contribution is 7.92. The summed E-state index contributed by atoms with van der Waals surface area (Å²) < 4.78 is 49.0. The van der Waals surface area contributed by atoms with Crippen LogP contribution in [0.1, 0.15) is 15.9 Å². The van der Waals surface area contributed by atoms with Gasteiger partial charge in [0, 0.05) is 6.54 Å². The monoisotopic (exact) mass is 587 g/mol. The molecule has 0 atom stereocenters. The summed E-state index contributed by atoms with van der Waals surface area (Å²) in [4.78, 5) is 23.7. The number of amides is 1. The number of nitrogens with zero attached hydrogens (tertiary/aromatic N) is 5. The number of hydrogen-bond donors (Lipinski definition) is 5. The number of carbonyl (C=O) groups excluding carboxylic acids is 1. The highest BCUT2D eigenvalue weighted by atomic mass is 35.5. The van der Waals surface area contributed by atoms with Crippen LogP contribution < -0.4 is 21.5 Å². The minimum absolute atomic E-state index is 0.0401. The Morgan fingerprint density at radius 3 is 2.67 bits per heavy atom. The normalized spacial score (nSPS) is 11.6. The SMILES string of the molecule is NC(=O)c1cc(S(=O)(=O)Nc2ccc(CCNc3nc(N)n4nc(-c5ccco5)nc4n3)cc2F)cc(Cl)c1O. The molecule has 40 heavy (non-hydrogen) atoms. The Kier molecular flexibility index (Phi) is 6.87. The van der Waals surface area contributed by atoms with Crippen molar-refractivity contribution in [2.45, 2.75) is 11.3 Å². The molecule has 0 aliphatic heterocycles. The number of phenols is 1. The lowest BCUT2D eigenvalue weighted by atomic mass is 10.1. The Balaban J connectivity index is 1.26. The number of hydrogen-bond acceptors (Lipinski definition) is 11. The first-order valence-corrected chi connectivity index (χ1v) is 13.2. The summed E-state index contributed by atoms with van der Waals surface area (Å²) in [6.45, 7) is 0.279. The molecule has 0 fully saturated rings. The van der Waals surface area contributed by atoms with E-state index in [1.165, 1.54) is 22.9 Å². The zero-order chi connectivity index (χ0) is 28.6. The van der Waals surface area contributed by atoms with Crippen molar-refractivity contribution < 1.29 is 27.1 Å². The number of aromatic hydroxyl groups is 1. The van der Waals surface area contributed by atoms with E-state index in [9.17, 15) is 22.7 Å². The van der Waals surface area contributed by atoms with Gasteiger partial charge in [-0.15, -0.1) is 5.10 Å². The van der Waals surface area contributed by atoms with Crippen LogP contribution in [0.5, 0.6) is 5.75 Å². The van der Waals surface area contributed by atoms with E-state index >= 15 is 0 Å². The Bertz CT molecular complexity index is 1860. The predicted molar refractivity (Wildman–Crippen MR) is 142 cm³/mol. The van der Waals surface area contributed by atoms with Crippen LogP contribution in [-0.4, -0.2) is 50.5 Å². The molecule has 0 spiro atoms. The van der Waals surface area contributed by atoms with Gasteiger partial charge in [-0.05, 0) is 48.4 Å². The second-order valence-corrected chi connectivity index (χ2v) is 10.4. The average Bonchev–Trinajstić information content (AvgIpc) is 3.57. The highest BCUT2D eigenvalue weighted by Crippen LogP contribution is 2.31. The predicted octanol–water partition coefficient (Wildman–Crippen LogP) is 2.41. The van der Waals surface area contributed by atoms with Gasteiger partial charge in [-0.25, -0.2) is 12.8 Å². The number of rotatable bonds is 9. The molecule has 0 saturated heterocycles. The molecule has 17 heteroatoms. The average molecular weight is 588 g/mol.